The highest BCUT2D eigenvalue weighted by Crippen LogP contribution is 2.24. The number of ether oxygens (including phenoxy) is 1. The molecule has 0 radical (unpaired) electrons. The Bertz CT molecular complexity index is 516. The molecular weight excluding hydrogens is 264 g/mol. The molecule has 1 rings (SSSR count). The van der Waals surface area contributed by atoms with Crippen molar-refractivity contribution in [2.75, 3.05) is 20.2 Å². The molecule has 0 aliphatic carbocycles. The molecule has 0 aliphatic heterocycles. The van der Waals surface area contributed by atoms with E-state index in [1.165, 1.54) is 5.56 Å². The zero-order chi connectivity index (χ0) is 15.8. The number of carbonyl (C=O) groups excluding carboxylic acids is 1. The molecule has 0 heterocycles. The van der Waals surface area contributed by atoms with Crippen LogP contribution < -0.4 is 4.74 Å². The van der Waals surface area contributed by atoms with Crippen molar-refractivity contribution in [2.45, 2.75) is 33.6 Å². The first-order valence-corrected chi connectivity index (χ1v) is 7.45. The van der Waals surface area contributed by atoms with Crippen molar-refractivity contribution in [3.63, 3.8) is 0 Å². The number of carbonyl (C=O) groups is 1. The van der Waals surface area contributed by atoms with Gasteiger partial charge in [-0.05, 0) is 37.5 Å². The minimum absolute atomic E-state index is 0.105. The van der Waals surface area contributed by atoms with Gasteiger partial charge in [0, 0.05) is 19.5 Å². The minimum atomic E-state index is -0.661. The second kappa shape index (κ2) is 8.31. The molecule has 1 aromatic rings. The predicted octanol–water partition coefficient (Wildman–Crippen LogP) is 2.81. The normalized spacial score (nSPS) is 11.6. The number of rotatable bonds is 7. The Hall–Kier alpha value is -2.02. The molecule has 114 valence electrons. The summed E-state index contributed by atoms with van der Waals surface area (Å²) in [7, 11) is 1.61. The summed E-state index contributed by atoms with van der Waals surface area (Å²) in [6, 6.07) is 8.09. The molecule has 1 unspecified atom stereocenters. The van der Waals surface area contributed by atoms with Gasteiger partial charge in [0.2, 0.25) is 5.91 Å². The lowest BCUT2D eigenvalue weighted by atomic mass is 9.96. The summed E-state index contributed by atoms with van der Waals surface area (Å²) in [5, 5.41) is 9.35. The molecule has 21 heavy (non-hydrogen) atoms. The number of hydrogen-bond acceptors (Lipinski definition) is 3. The Labute approximate surface area is 127 Å². The molecule has 4 heteroatoms. The monoisotopic (exact) mass is 288 g/mol. The van der Waals surface area contributed by atoms with Crippen molar-refractivity contribution < 1.29 is 9.53 Å². The summed E-state index contributed by atoms with van der Waals surface area (Å²) >= 11 is 0. The third-order valence-electron chi connectivity index (χ3n) is 3.71. The standard InChI is InChI=1S/C17H24N2O2/c1-5-13-8-9-16(21-4)14(10-13)11-15(12-18)17(20)19(6-2)7-3/h8-10,15H,5-7,11H2,1-4H3. The molecule has 1 atom stereocenters. The maximum absolute atomic E-state index is 12.4. The van der Waals surface area contributed by atoms with Crippen molar-refractivity contribution in [3.05, 3.63) is 29.3 Å². The number of nitrogens with zero attached hydrogens (tertiary/aromatic N) is 2. The fourth-order valence-corrected chi connectivity index (χ4v) is 2.38. The van der Waals surface area contributed by atoms with Crippen LogP contribution in [0.25, 0.3) is 0 Å². The molecule has 0 aliphatic rings. The Morgan fingerprint density at radius 2 is 2.00 bits per heavy atom. The number of aryl methyl sites for hydroxylation is 1. The average molecular weight is 288 g/mol. The zero-order valence-corrected chi connectivity index (χ0v) is 13.3. The molecule has 0 spiro atoms. The number of nitriles is 1. The van der Waals surface area contributed by atoms with Crippen molar-refractivity contribution in [1.82, 2.24) is 4.90 Å². The van der Waals surface area contributed by atoms with Gasteiger partial charge >= 0.3 is 0 Å². The van der Waals surface area contributed by atoms with Gasteiger partial charge in [0.25, 0.3) is 0 Å². The summed E-state index contributed by atoms with van der Waals surface area (Å²) in [4.78, 5) is 14.1. The lowest BCUT2D eigenvalue weighted by Gasteiger charge is -2.22. The lowest BCUT2D eigenvalue weighted by Crippen LogP contribution is -2.36. The van der Waals surface area contributed by atoms with E-state index in [-0.39, 0.29) is 5.91 Å². The Morgan fingerprint density at radius 3 is 2.48 bits per heavy atom. The van der Waals surface area contributed by atoms with E-state index >= 15 is 0 Å². The third-order valence-corrected chi connectivity index (χ3v) is 3.71. The highest BCUT2D eigenvalue weighted by Gasteiger charge is 2.24. The summed E-state index contributed by atoms with van der Waals surface area (Å²) < 4.78 is 5.35. The van der Waals surface area contributed by atoms with Crippen LogP contribution in [-0.2, 0) is 17.6 Å². The van der Waals surface area contributed by atoms with Crippen molar-refractivity contribution in [1.29, 1.82) is 5.26 Å². The molecule has 0 N–H and O–H groups in total. The first kappa shape index (κ1) is 17.0. The van der Waals surface area contributed by atoms with E-state index in [9.17, 15) is 10.1 Å². The van der Waals surface area contributed by atoms with Crippen LogP contribution in [0, 0.1) is 17.2 Å². The van der Waals surface area contributed by atoms with Gasteiger partial charge in [-0.2, -0.15) is 5.26 Å². The van der Waals surface area contributed by atoms with Crippen LogP contribution in [0.15, 0.2) is 18.2 Å². The highest BCUT2D eigenvalue weighted by molar-refractivity contribution is 5.81. The maximum atomic E-state index is 12.4. The molecule has 0 saturated carbocycles. The molecular formula is C17H24N2O2. The van der Waals surface area contributed by atoms with Crippen molar-refractivity contribution in [2.24, 2.45) is 5.92 Å². The predicted molar refractivity (Wildman–Crippen MR) is 83.1 cm³/mol. The molecule has 1 amide bonds. The zero-order valence-electron chi connectivity index (χ0n) is 13.3. The van der Waals surface area contributed by atoms with Crippen LogP contribution in [0.1, 0.15) is 31.9 Å². The van der Waals surface area contributed by atoms with Gasteiger partial charge in [-0.3, -0.25) is 4.79 Å². The largest absolute Gasteiger partial charge is 0.496 e. The van der Waals surface area contributed by atoms with Crippen LogP contribution >= 0.6 is 0 Å². The summed E-state index contributed by atoms with van der Waals surface area (Å²) in [6.45, 7) is 7.18. The SMILES string of the molecule is CCc1ccc(OC)c(CC(C#N)C(=O)N(CC)CC)c1. The van der Waals surface area contributed by atoms with E-state index in [4.69, 9.17) is 4.74 Å². The summed E-state index contributed by atoms with van der Waals surface area (Å²) in [6.07, 6.45) is 1.31. The van der Waals surface area contributed by atoms with E-state index in [1.54, 1.807) is 12.0 Å². The van der Waals surface area contributed by atoms with Gasteiger partial charge in [-0.15, -0.1) is 0 Å². The second-order valence-corrected chi connectivity index (χ2v) is 4.90. The lowest BCUT2D eigenvalue weighted by molar-refractivity contribution is -0.133. The van der Waals surface area contributed by atoms with E-state index in [2.05, 4.69) is 13.0 Å². The molecule has 0 bridgehead atoms. The smallest absolute Gasteiger partial charge is 0.240 e. The van der Waals surface area contributed by atoms with Gasteiger partial charge < -0.3 is 9.64 Å². The average Bonchev–Trinajstić information content (AvgIpc) is 2.53. The van der Waals surface area contributed by atoms with Crippen molar-refractivity contribution in [3.8, 4) is 11.8 Å². The fourth-order valence-electron chi connectivity index (χ4n) is 2.38. The summed E-state index contributed by atoms with van der Waals surface area (Å²) in [5.74, 6) is -0.0304. The molecule has 0 saturated heterocycles. The van der Waals surface area contributed by atoms with Crippen LogP contribution in [0.3, 0.4) is 0 Å². The van der Waals surface area contributed by atoms with E-state index in [0.29, 0.717) is 19.5 Å². The van der Waals surface area contributed by atoms with Gasteiger partial charge in [0.15, 0.2) is 0 Å². The van der Waals surface area contributed by atoms with Crippen molar-refractivity contribution >= 4 is 5.91 Å². The second-order valence-electron chi connectivity index (χ2n) is 4.90. The first-order chi connectivity index (χ1) is 10.1. The van der Waals surface area contributed by atoms with Gasteiger partial charge in [0.05, 0.1) is 13.2 Å². The number of methoxy groups -OCH3 is 1. The quantitative estimate of drug-likeness (QED) is 0.775. The Balaban J connectivity index is 3.01. The maximum Gasteiger partial charge on any atom is 0.240 e. The van der Waals surface area contributed by atoms with Gasteiger partial charge in [-0.25, -0.2) is 0 Å². The number of benzene rings is 1. The Morgan fingerprint density at radius 1 is 1.33 bits per heavy atom. The third kappa shape index (κ3) is 4.22. The van der Waals surface area contributed by atoms with E-state index in [0.717, 1.165) is 17.7 Å². The Kier molecular flexibility index (Phi) is 6.74. The van der Waals surface area contributed by atoms with Gasteiger partial charge in [0.1, 0.15) is 11.7 Å². The fraction of sp³-hybridized carbons (Fsp3) is 0.529. The van der Waals surface area contributed by atoms with E-state index < -0.39 is 5.92 Å². The van der Waals surface area contributed by atoms with E-state index in [1.807, 2.05) is 32.0 Å². The number of hydrogen-bond donors (Lipinski definition) is 0. The molecule has 4 nitrogen and oxygen atoms in total. The molecule has 1 aromatic carbocycles. The number of amides is 1. The van der Waals surface area contributed by atoms with Crippen LogP contribution in [0.4, 0.5) is 0 Å². The molecule has 0 fully saturated rings. The van der Waals surface area contributed by atoms with Crippen LogP contribution in [-0.4, -0.2) is 31.0 Å². The van der Waals surface area contributed by atoms with Gasteiger partial charge in [-0.1, -0.05) is 19.1 Å². The van der Waals surface area contributed by atoms with Crippen LogP contribution in [0.5, 0.6) is 5.75 Å². The minimum Gasteiger partial charge on any atom is -0.496 e. The topological polar surface area (TPSA) is 53.3 Å². The summed E-state index contributed by atoms with van der Waals surface area (Å²) in [5.41, 5.74) is 2.10. The highest BCUT2D eigenvalue weighted by atomic mass is 16.5. The molecule has 0 aromatic heterocycles. The first-order valence-electron chi connectivity index (χ1n) is 7.45. The van der Waals surface area contributed by atoms with Crippen LogP contribution in [0.2, 0.25) is 0 Å².